The second-order valence-corrected chi connectivity index (χ2v) is 11.6. The average Bonchev–Trinajstić information content (AvgIpc) is 3.18. The second kappa shape index (κ2) is 13.1. The molecule has 0 bridgehead atoms. The zero-order valence-corrected chi connectivity index (χ0v) is 22.5. The SMILES string of the molecule is CCCCCOC(=O)C(C)(C)N[P@@](=O)(CO[C@H](C)Cn1cnc2c(N)ncnc21)N[C@@H](C)CC(=O)O. The van der Waals surface area contributed by atoms with Crippen LogP contribution in [0.3, 0.4) is 0 Å². The maximum atomic E-state index is 13.9. The Morgan fingerprint density at radius 1 is 1.25 bits per heavy atom. The Balaban J connectivity index is 2.10. The molecule has 0 aliphatic carbocycles. The lowest BCUT2D eigenvalue weighted by molar-refractivity contribution is -0.149. The van der Waals surface area contributed by atoms with Crippen molar-refractivity contribution in [2.75, 3.05) is 18.7 Å². The molecule has 5 N–H and O–H groups in total. The highest BCUT2D eigenvalue weighted by Crippen LogP contribution is 2.40. The van der Waals surface area contributed by atoms with Gasteiger partial charge in [-0.2, -0.15) is 0 Å². The van der Waals surface area contributed by atoms with Crippen LogP contribution < -0.4 is 15.9 Å². The van der Waals surface area contributed by atoms with Gasteiger partial charge in [0.25, 0.3) is 0 Å². The molecule has 0 aromatic carbocycles. The van der Waals surface area contributed by atoms with E-state index in [2.05, 4.69) is 25.1 Å². The summed E-state index contributed by atoms with van der Waals surface area (Å²) in [5, 5.41) is 14.8. The molecule has 0 saturated carbocycles. The standard InChI is InChI=1S/C22H38N7O6P/c1-6-7-8-9-34-21(32)22(4,5)28-36(33,27-15(2)10-17(30)31)14-35-16(3)11-29-13-26-18-19(23)24-12-25-20(18)29/h12-13,15-16H,6-11,14H2,1-5H3,(H,30,31)(H2,23,24,25)(H2,27,28,33)/t15-,16+,36+/m0/s1. The Morgan fingerprint density at radius 2 is 1.97 bits per heavy atom. The molecule has 0 aliphatic heterocycles. The Labute approximate surface area is 211 Å². The summed E-state index contributed by atoms with van der Waals surface area (Å²) in [6, 6.07) is -0.645. The first-order chi connectivity index (χ1) is 16.9. The number of carboxylic acid groups (broad SMARTS) is 1. The van der Waals surface area contributed by atoms with Gasteiger partial charge in [-0.3, -0.25) is 14.2 Å². The summed E-state index contributed by atoms with van der Waals surface area (Å²) in [6.45, 7) is 9.17. The molecule has 13 nitrogen and oxygen atoms in total. The van der Waals surface area contributed by atoms with Crippen LogP contribution in [0.1, 0.15) is 60.3 Å². The quantitative estimate of drug-likeness (QED) is 0.142. The monoisotopic (exact) mass is 527 g/mol. The van der Waals surface area contributed by atoms with Crippen molar-refractivity contribution in [1.29, 1.82) is 0 Å². The van der Waals surface area contributed by atoms with Crippen molar-refractivity contribution < 1.29 is 28.7 Å². The highest BCUT2D eigenvalue weighted by atomic mass is 31.2. The number of rotatable bonds is 16. The van der Waals surface area contributed by atoms with Gasteiger partial charge in [0.15, 0.2) is 11.5 Å². The van der Waals surface area contributed by atoms with Gasteiger partial charge in [-0.25, -0.2) is 25.1 Å². The Morgan fingerprint density at radius 3 is 2.64 bits per heavy atom. The van der Waals surface area contributed by atoms with Gasteiger partial charge in [-0.1, -0.05) is 19.8 Å². The van der Waals surface area contributed by atoms with Gasteiger partial charge in [-0.05, 0) is 34.1 Å². The molecule has 0 radical (unpaired) electrons. The highest BCUT2D eigenvalue weighted by molar-refractivity contribution is 7.59. The number of nitrogens with one attached hydrogen (secondary N) is 2. The minimum absolute atomic E-state index is 0.259. The van der Waals surface area contributed by atoms with E-state index in [0.717, 1.165) is 19.3 Å². The van der Waals surface area contributed by atoms with Crippen molar-refractivity contribution in [2.45, 2.75) is 84.5 Å². The summed E-state index contributed by atoms with van der Waals surface area (Å²) >= 11 is 0. The molecule has 36 heavy (non-hydrogen) atoms. The number of hydrogen-bond acceptors (Lipinski definition) is 9. The first kappa shape index (κ1) is 29.6. The minimum Gasteiger partial charge on any atom is -0.481 e. The zero-order valence-electron chi connectivity index (χ0n) is 21.6. The number of ether oxygens (including phenoxy) is 2. The van der Waals surface area contributed by atoms with Crippen LogP contribution >= 0.6 is 7.44 Å². The van der Waals surface area contributed by atoms with E-state index in [0.29, 0.717) is 17.7 Å². The van der Waals surface area contributed by atoms with Crippen LogP contribution in [0.2, 0.25) is 0 Å². The molecule has 2 aromatic heterocycles. The molecular weight excluding hydrogens is 489 g/mol. The molecular formula is C22H38N7O6P. The molecule has 0 fully saturated rings. The Bertz CT molecular complexity index is 1080. The van der Waals surface area contributed by atoms with Crippen LogP contribution in [-0.2, 0) is 30.2 Å². The van der Waals surface area contributed by atoms with Crippen molar-refractivity contribution >= 4 is 36.4 Å². The maximum Gasteiger partial charge on any atom is 0.326 e. The molecule has 14 heteroatoms. The third-order valence-electron chi connectivity index (χ3n) is 5.29. The molecule has 0 amide bonds. The van der Waals surface area contributed by atoms with E-state index in [1.807, 2.05) is 6.92 Å². The molecule has 0 unspecified atom stereocenters. The number of nitrogens with zero attached hydrogens (tertiary/aromatic N) is 4. The Kier molecular flexibility index (Phi) is 10.8. The lowest BCUT2D eigenvalue weighted by atomic mass is 10.1. The van der Waals surface area contributed by atoms with Crippen LogP contribution in [0, 0.1) is 0 Å². The number of imidazole rings is 1. The van der Waals surface area contributed by atoms with E-state index in [-0.39, 0.29) is 25.2 Å². The highest BCUT2D eigenvalue weighted by Gasteiger charge is 2.38. The Hall–Kier alpha value is -2.60. The number of aliphatic carboxylic acids is 1. The number of aromatic nitrogens is 4. The van der Waals surface area contributed by atoms with E-state index in [1.54, 1.807) is 38.6 Å². The third kappa shape index (κ3) is 8.81. The molecule has 2 heterocycles. The van der Waals surface area contributed by atoms with Crippen molar-refractivity contribution in [1.82, 2.24) is 29.7 Å². The fourth-order valence-corrected chi connectivity index (χ4v) is 6.02. The smallest absolute Gasteiger partial charge is 0.326 e. The largest absolute Gasteiger partial charge is 0.481 e. The van der Waals surface area contributed by atoms with Crippen LogP contribution in [0.4, 0.5) is 5.82 Å². The molecule has 2 aromatic rings. The molecule has 3 atom stereocenters. The number of anilines is 1. The maximum absolute atomic E-state index is 13.9. The van der Waals surface area contributed by atoms with Crippen molar-refractivity contribution in [3.63, 3.8) is 0 Å². The predicted molar refractivity (Wildman–Crippen MR) is 135 cm³/mol. The summed E-state index contributed by atoms with van der Waals surface area (Å²) < 4.78 is 26.9. The first-order valence-electron chi connectivity index (χ1n) is 11.9. The number of unbranched alkanes of at least 4 members (excludes halogenated alkanes) is 2. The van der Waals surface area contributed by atoms with E-state index in [1.165, 1.54) is 6.33 Å². The number of hydrogen-bond donors (Lipinski definition) is 4. The fraction of sp³-hybridized carbons (Fsp3) is 0.682. The number of esters is 1. The van der Waals surface area contributed by atoms with Gasteiger partial charge >= 0.3 is 11.9 Å². The number of nitrogen functional groups attached to an aromatic ring is 1. The van der Waals surface area contributed by atoms with Gasteiger partial charge in [0.2, 0.25) is 7.44 Å². The summed E-state index contributed by atoms with van der Waals surface area (Å²) in [7, 11) is -3.61. The van der Waals surface area contributed by atoms with Gasteiger partial charge in [0, 0.05) is 6.04 Å². The van der Waals surface area contributed by atoms with E-state index < -0.39 is 37.1 Å². The fourth-order valence-electron chi connectivity index (χ4n) is 3.55. The number of nitrogens with two attached hydrogens (primary N) is 1. The number of fused-ring (bicyclic) bond motifs is 1. The minimum atomic E-state index is -3.61. The number of carbonyl (C=O) groups excluding carboxylic acids is 1. The molecule has 0 aliphatic rings. The van der Waals surface area contributed by atoms with E-state index >= 15 is 0 Å². The number of carboxylic acids is 1. The van der Waals surface area contributed by atoms with Gasteiger partial charge < -0.3 is 24.9 Å². The van der Waals surface area contributed by atoms with Crippen molar-refractivity contribution in [3.8, 4) is 0 Å². The van der Waals surface area contributed by atoms with Gasteiger partial charge in [0.05, 0.1) is 32.0 Å². The van der Waals surface area contributed by atoms with E-state index in [9.17, 15) is 14.2 Å². The van der Waals surface area contributed by atoms with Crippen LogP contribution in [0.5, 0.6) is 0 Å². The zero-order chi connectivity index (χ0) is 26.9. The third-order valence-corrected chi connectivity index (χ3v) is 7.58. The van der Waals surface area contributed by atoms with Gasteiger partial charge in [0.1, 0.15) is 23.7 Å². The van der Waals surface area contributed by atoms with Crippen LogP contribution in [0.25, 0.3) is 11.2 Å². The van der Waals surface area contributed by atoms with Crippen LogP contribution in [0.15, 0.2) is 12.7 Å². The van der Waals surface area contributed by atoms with Crippen molar-refractivity contribution in [2.24, 2.45) is 0 Å². The molecule has 202 valence electrons. The lowest BCUT2D eigenvalue weighted by Crippen LogP contribution is -2.49. The number of carbonyl (C=O) groups is 2. The summed E-state index contributed by atoms with van der Waals surface area (Å²) in [5.41, 5.74) is 5.54. The predicted octanol–water partition coefficient (Wildman–Crippen LogP) is 2.52. The molecule has 0 saturated heterocycles. The van der Waals surface area contributed by atoms with E-state index in [4.69, 9.17) is 20.3 Å². The first-order valence-corrected chi connectivity index (χ1v) is 13.8. The van der Waals surface area contributed by atoms with Gasteiger partial charge in [-0.15, -0.1) is 0 Å². The van der Waals surface area contributed by atoms with Crippen LogP contribution in [-0.4, -0.2) is 67.2 Å². The normalized spacial score (nSPS) is 15.4. The summed E-state index contributed by atoms with van der Waals surface area (Å²) in [5.74, 6) is -1.33. The van der Waals surface area contributed by atoms with Crippen molar-refractivity contribution in [3.05, 3.63) is 12.7 Å². The second-order valence-electron chi connectivity index (χ2n) is 9.38. The molecule has 0 spiro atoms. The summed E-state index contributed by atoms with van der Waals surface area (Å²) in [4.78, 5) is 36.2. The average molecular weight is 528 g/mol. The topological polar surface area (TPSA) is 184 Å². The lowest BCUT2D eigenvalue weighted by Gasteiger charge is -2.32. The summed E-state index contributed by atoms with van der Waals surface area (Å²) in [6.07, 6.45) is 4.59. The molecule has 2 rings (SSSR count).